The molecule has 70 valence electrons. The van der Waals surface area contributed by atoms with Crippen LogP contribution in [0.25, 0.3) is 0 Å². The van der Waals surface area contributed by atoms with E-state index in [0.717, 1.165) is 6.42 Å². The van der Waals surface area contributed by atoms with Gasteiger partial charge in [0.1, 0.15) is 6.10 Å². The number of nitrogens with one attached hydrogen (secondary N) is 1. The minimum atomic E-state index is -0.222. The second kappa shape index (κ2) is 3.90. The Labute approximate surface area is 73.5 Å². The van der Waals surface area contributed by atoms with E-state index < -0.39 is 0 Å². The lowest BCUT2D eigenvalue weighted by atomic mass is 10.0. The van der Waals surface area contributed by atoms with Gasteiger partial charge in [0.05, 0.1) is 6.10 Å². The van der Waals surface area contributed by atoms with Crippen molar-refractivity contribution in [2.45, 2.75) is 39.4 Å². The molecule has 0 aromatic rings. The van der Waals surface area contributed by atoms with E-state index in [4.69, 9.17) is 4.74 Å². The van der Waals surface area contributed by atoms with Gasteiger partial charge < -0.3 is 10.1 Å². The van der Waals surface area contributed by atoms with E-state index in [1.54, 1.807) is 0 Å². The van der Waals surface area contributed by atoms with E-state index in [-0.39, 0.29) is 18.1 Å². The summed E-state index contributed by atoms with van der Waals surface area (Å²) < 4.78 is 5.48. The van der Waals surface area contributed by atoms with Gasteiger partial charge in [-0.1, -0.05) is 6.92 Å². The Morgan fingerprint density at radius 1 is 1.58 bits per heavy atom. The van der Waals surface area contributed by atoms with Gasteiger partial charge in [0, 0.05) is 6.54 Å². The second-order valence-corrected chi connectivity index (χ2v) is 3.47. The standard InChI is InChI=1S/C9H17NO2/c1-4-10-9(11)8-6(2)5-7(3)12-8/h6-8H,4-5H2,1-3H3,(H,10,11). The van der Waals surface area contributed by atoms with Crippen LogP contribution >= 0.6 is 0 Å². The van der Waals surface area contributed by atoms with Crippen LogP contribution in [0.5, 0.6) is 0 Å². The fourth-order valence-corrected chi connectivity index (χ4v) is 1.68. The lowest BCUT2D eigenvalue weighted by Gasteiger charge is -2.13. The smallest absolute Gasteiger partial charge is 0.249 e. The first-order chi connectivity index (χ1) is 5.65. The third-order valence-electron chi connectivity index (χ3n) is 2.21. The van der Waals surface area contributed by atoms with Gasteiger partial charge in [-0.2, -0.15) is 0 Å². The molecule has 3 heteroatoms. The molecule has 3 nitrogen and oxygen atoms in total. The van der Waals surface area contributed by atoms with E-state index in [9.17, 15) is 4.79 Å². The van der Waals surface area contributed by atoms with Crippen LogP contribution in [0.2, 0.25) is 0 Å². The molecule has 0 saturated carbocycles. The first-order valence-electron chi connectivity index (χ1n) is 4.58. The summed E-state index contributed by atoms with van der Waals surface area (Å²) in [7, 11) is 0. The van der Waals surface area contributed by atoms with Gasteiger partial charge in [0.15, 0.2) is 0 Å². The number of carbonyl (C=O) groups is 1. The summed E-state index contributed by atoms with van der Waals surface area (Å²) in [6.45, 7) is 6.67. The maximum absolute atomic E-state index is 11.4. The number of hydrogen-bond donors (Lipinski definition) is 1. The van der Waals surface area contributed by atoms with Crippen LogP contribution in [-0.4, -0.2) is 24.7 Å². The first kappa shape index (κ1) is 9.52. The maximum atomic E-state index is 11.4. The van der Waals surface area contributed by atoms with Crippen molar-refractivity contribution >= 4 is 5.91 Å². The Kier molecular flexibility index (Phi) is 3.09. The number of ether oxygens (including phenoxy) is 1. The molecule has 1 aliphatic heterocycles. The molecule has 1 fully saturated rings. The molecule has 0 aromatic heterocycles. The first-order valence-corrected chi connectivity index (χ1v) is 4.58. The average molecular weight is 171 g/mol. The molecule has 0 aliphatic carbocycles. The molecule has 3 unspecified atom stereocenters. The number of likely N-dealkylation sites (N-methyl/N-ethyl adjacent to an activating group) is 1. The third kappa shape index (κ3) is 1.97. The van der Waals surface area contributed by atoms with Crippen molar-refractivity contribution in [2.75, 3.05) is 6.54 Å². The quantitative estimate of drug-likeness (QED) is 0.671. The van der Waals surface area contributed by atoms with Crippen molar-refractivity contribution in [3.05, 3.63) is 0 Å². The summed E-state index contributed by atoms with van der Waals surface area (Å²) in [6, 6.07) is 0. The minimum absolute atomic E-state index is 0.0364. The Morgan fingerprint density at radius 2 is 2.25 bits per heavy atom. The predicted molar refractivity (Wildman–Crippen MR) is 46.8 cm³/mol. The zero-order valence-corrected chi connectivity index (χ0v) is 7.96. The highest BCUT2D eigenvalue weighted by Gasteiger charge is 2.34. The third-order valence-corrected chi connectivity index (χ3v) is 2.21. The molecule has 1 amide bonds. The Bertz CT molecular complexity index is 170. The number of hydrogen-bond acceptors (Lipinski definition) is 2. The SMILES string of the molecule is CCNC(=O)C1OC(C)CC1C. The molecule has 0 radical (unpaired) electrons. The van der Waals surface area contributed by atoms with Gasteiger partial charge in [-0.05, 0) is 26.2 Å². The van der Waals surface area contributed by atoms with E-state index in [0.29, 0.717) is 12.5 Å². The Hall–Kier alpha value is -0.570. The van der Waals surface area contributed by atoms with Crippen LogP contribution in [0.4, 0.5) is 0 Å². The molecule has 0 spiro atoms. The van der Waals surface area contributed by atoms with Gasteiger partial charge in [-0.15, -0.1) is 0 Å². The maximum Gasteiger partial charge on any atom is 0.249 e. The van der Waals surface area contributed by atoms with Crippen molar-refractivity contribution in [1.82, 2.24) is 5.32 Å². The molecule has 1 rings (SSSR count). The molecule has 1 aliphatic rings. The van der Waals surface area contributed by atoms with Crippen molar-refractivity contribution < 1.29 is 9.53 Å². The van der Waals surface area contributed by atoms with Crippen molar-refractivity contribution in [3.8, 4) is 0 Å². The normalized spacial score (nSPS) is 35.1. The molecule has 1 N–H and O–H groups in total. The summed E-state index contributed by atoms with van der Waals surface area (Å²) in [5, 5.41) is 2.77. The summed E-state index contributed by atoms with van der Waals surface area (Å²) in [4.78, 5) is 11.4. The highest BCUT2D eigenvalue weighted by atomic mass is 16.5. The van der Waals surface area contributed by atoms with Crippen molar-refractivity contribution in [2.24, 2.45) is 5.92 Å². The predicted octanol–water partition coefficient (Wildman–Crippen LogP) is 0.936. The monoisotopic (exact) mass is 171 g/mol. The second-order valence-electron chi connectivity index (χ2n) is 3.47. The van der Waals surface area contributed by atoms with Crippen molar-refractivity contribution in [3.63, 3.8) is 0 Å². The minimum Gasteiger partial charge on any atom is -0.365 e. The molecular formula is C9H17NO2. The van der Waals surface area contributed by atoms with Gasteiger partial charge >= 0.3 is 0 Å². The molecule has 0 bridgehead atoms. The molecule has 0 aromatic carbocycles. The summed E-state index contributed by atoms with van der Waals surface area (Å²) in [5.74, 6) is 0.390. The zero-order valence-electron chi connectivity index (χ0n) is 7.96. The number of carbonyl (C=O) groups excluding carboxylic acids is 1. The van der Waals surface area contributed by atoms with Gasteiger partial charge in [0.25, 0.3) is 0 Å². The van der Waals surface area contributed by atoms with Crippen molar-refractivity contribution in [1.29, 1.82) is 0 Å². The van der Waals surface area contributed by atoms with Crippen LogP contribution in [-0.2, 0) is 9.53 Å². The number of amides is 1. The van der Waals surface area contributed by atoms with Gasteiger partial charge in [-0.25, -0.2) is 0 Å². The topological polar surface area (TPSA) is 38.3 Å². The molecule has 12 heavy (non-hydrogen) atoms. The fourth-order valence-electron chi connectivity index (χ4n) is 1.68. The highest BCUT2D eigenvalue weighted by Crippen LogP contribution is 2.25. The summed E-state index contributed by atoms with van der Waals surface area (Å²) >= 11 is 0. The Morgan fingerprint density at radius 3 is 2.67 bits per heavy atom. The van der Waals surface area contributed by atoms with Gasteiger partial charge in [0.2, 0.25) is 5.91 Å². The highest BCUT2D eigenvalue weighted by molar-refractivity contribution is 5.81. The Balaban J connectivity index is 2.46. The number of rotatable bonds is 2. The largest absolute Gasteiger partial charge is 0.365 e. The van der Waals surface area contributed by atoms with E-state index in [2.05, 4.69) is 12.2 Å². The van der Waals surface area contributed by atoms with Crippen LogP contribution in [0.3, 0.4) is 0 Å². The fraction of sp³-hybridized carbons (Fsp3) is 0.889. The zero-order chi connectivity index (χ0) is 9.14. The van der Waals surface area contributed by atoms with Crippen LogP contribution < -0.4 is 5.32 Å². The van der Waals surface area contributed by atoms with Crippen LogP contribution in [0.1, 0.15) is 27.2 Å². The molecule has 1 saturated heterocycles. The van der Waals surface area contributed by atoms with Crippen LogP contribution in [0, 0.1) is 5.92 Å². The van der Waals surface area contributed by atoms with E-state index in [1.165, 1.54) is 0 Å². The van der Waals surface area contributed by atoms with Gasteiger partial charge in [-0.3, -0.25) is 4.79 Å². The van der Waals surface area contributed by atoms with E-state index >= 15 is 0 Å². The molecule has 1 heterocycles. The average Bonchev–Trinajstić information content (AvgIpc) is 2.30. The summed E-state index contributed by atoms with van der Waals surface area (Å²) in [6.07, 6.45) is 0.995. The van der Waals surface area contributed by atoms with E-state index in [1.807, 2.05) is 13.8 Å². The summed E-state index contributed by atoms with van der Waals surface area (Å²) in [5.41, 5.74) is 0. The van der Waals surface area contributed by atoms with Crippen LogP contribution in [0.15, 0.2) is 0 Å². The lowest BCUT2D eigenvalue weighted by molar-refractivity contribution is -0.133. The lowest BCUT2D eigenvalue weighted by Crippen LogP contribution is -2.37. The molecule has 3 atom stereocenters. The molecular weight excluding hydrogens is 154 g/mol.